The van der Waals surface area contributed by atoms with Gasteiger partial charge in [0.05, 0.1) is 6.54 Å². The van der Waals surface area contributed by atoms with Crippen molar-refractivity contribution in [2.45, 2.75) is 13.5 Å². The van der Waals surface area contributed by atoms with Gasteiger partial charge in [0.15, 0.2) is 0 Å². The van der Waals surface area contributed by atoms with Crippen molar-refractivity contribution in [3.63, 3.8) is 0 Å². The molecule has 0 aliphatic carbocycles. The first-order valence-corrected chi connectivity index (χ1v) is 4.73. The quantitative estimate of drug-likeness (QED) is 0.751. The number of benzene rings is 1. The fraction of sp³-hybridized carbons (Fsp3) is 0.273. The van der Waals surface area contributed by atoms with Crippen LogP contribution in [0.15, 0.2) is 30.3 Å². The fourth-order valence-corrected chi connectivity index (χ4v) is 1.06. The molecule has 80 valence electrons. The van der Waals surface area contributed by atoms with Gasteiger partial charge >= 0.3 is 0 Å². The summed E-state index contributed by atoms with van der Waals surface area (Å²) in [6.45, 7) is 1.89. The minimum absolute atomic E-state index is 0.0299. The highest BCUT2D eigenvalue weighted by Gasteiger charge is 2.00. The highest BCUT2D eigenvalue weighted by atomic mass is 16.2. The minimum atomic E-state index is -0.204. The van der Waals surface area contributed by atoms with Gasteiger partial charge in [-0.05, 0) is 5.56 Å². The van der Waals surface area contributed by atoms with Gasteiger partial charge in [-0.3, -0.25) is 9.59 Å². The van der Waals surface area contributed by atoms with E-state index in [1.165, 1.54) is 6.92 Å². The lowest BCUT2D eigenvalue weighted by Crippen LogP contribution is -2.35. The van der Waals surface area contributed by atoms with E-state index >= 15 is 0 Å². The number of carbonyl (C=O) groups excluding carboxylic acids is 2. The zero-order valence-electron chi connectivity index (χ0n) is 8.62. The van der Waals surface area contributed by atoms with Crippen LogP contribution in [-0.4, -0.2) is 18.4 Å². The van der Waals surface area contributed by atoms with Crippen molar-refractivity contribution in [2.24, 2.45) is 0 Å². The van der Waals surface area contributed by atoms with Gasteiger partial charge in [-0.2, -0.15) is 0 Å². The van der Waals surface area contributed by atoms with Gasteiger partial charge < -0.3 is 10.6 Å². The maximum absolute atomic E-state index is 11.2. The van der Waals surface area contributed by atoms with E-state index in [1.54, 1.807) is 0 Å². The van der Waals surface area contributed by atoms with Crippen molar-refractivity contribution in [1.82, 2.24) is 10.6 Å². The molecule has 0 atom stereocenters. The molecule has 0 heterocycles. The van der Waals surface area contributed by atoms with Crippen molar-refractivity contribution in [3.05, 3.63) is 35.9 Å². The van der Waals surface area contributed by atoms with Gasteiger partial charge in [0, 0.05) is 13.5 Å². The third-order valence-corrected chi connectivity index (χ3v) is 1.83. The Bertz CT molecular complexity index is 336. The molecule has 2 amide bonds. The molecule has 0 unspecified atom stereocenters. The zero-order valence-corrected chi connectivity index (χ0v) is 8.62. The van der Waals surface area contributed by atoms with Gasteiger partial charge in [0.1, 0.15) is 0 Å². The number of hydrogen-bond donors (Lipinski definition) is 2. The highest BCUT2D eigenvalue weighted by molar-refractivity contribution is 5.83. The average molecular weight is 206 g/mol. The molecule has 0 saturated carbocycles. The molecule has 0 aliphatic heterocycles. The molecule has 0 aliphatic rings. The molecule has 0 radical (unpaired) electrons. The summed E-state index contributed by atoms with van der Waals surface area (Å²) in [6, 6.07) is 9.60. The van der Waals surface area contributed by atoms with Crippen LogP contribution in [0.1, 0.15) is 12.5 Å². The van der Waals surface area contributed by atoms with Gasteiger partial charge in [0.25, 0.3) is 0 Å². The molecule has 0 bridgehead atoms. The van der Waals surface area contributed by atoms with E-state index < -0.39 is 0 Å². The van der Waals surface area contributed by atoms with Crippen molar-refractivity contribution in [1.29, 1.82) is 0 Å². The lowest BCUT2D eigenvalue weighted by molar-refractivity contribution is -0.125. The first-order chi connectivity index (χ1) is 7.18. The Labute approximate surface area is 88.7 Å². The van der Waals surface area contributed by atoms with Crippen LogP contribution in [0.25, 0.3) is 0 Å². The highest BCUT2D eigenvalue weighted by Crippen LogP contribution is 1.96. The second-order valence-electron chi connectivity index (χ2n) is 3.17. The van der Waals surface area contributed by atoms with Crippen molar-refractivity contribution in [3.8, 4) is 0 Å². The van der Waals surface area contributed by atoms with Crippen LogP contribution < -0.4 is 10.6 Å². The first kappa shape index (κ1) is 11.2. The molecule has 0 saturated heterocycles. The number of nitrogens with one attached hydrogen (secondary N) is 2. The topological polar surface area (TPSA) is 58.2 Å². The summed E-state index contributed by atoms with van der Waals surface area (Å²) >= 11 is 0. The van der Waals surface area contributed by atoms with Gasteiger partial charge in [-0.1, -0.05) is 30.3 Å². The van der Waals surface area contributed by atoms with E-state index in [1.807, 2.05) is 30.3 Å². The maximum atomic E-state index is 11.2. The molecule has 4 heteroatoms. The molecule has 0 fully saturated rings. The van der Waals surface area contributed by atoms with Gasteiger partial charge in [0.2, 0.25) is 11.8 Å². The molecule has 4 nitrogen and oxygen atoms in total. The third-order valence-electron chi connectivity index (χ3n) is 1.83. The normalized spacial score (nSPS) is 9.40. The number of hydrogen-bond acceptors (Lipinski definition) is 2. The Morgan fingerprint density at radius 2 is 1.80 bits per heavy atom. The monoisotopic (exact) mass is 206 g/mol. The first-order valence-electron chi connectivity index (χ1n) is 4.73. The van der Waals surface area contributed by atoms with Gasteiger partial charge in [-0.15, -0.1) is 0 Å². The maximum Gasteiger partial charge on any atom is 0.239 e. The number of amides is 2. The predicted molar refractivity (Wildman–Crippen MR) is 57.0 cm³/mol. The van der Waals surface area contributed by atoms with Crippen LogP contribution in [0.3, 0.4) is 0 Å². The molecule has 1 rings (SSSR count). The Hall–Kier alpha value is -1.84. The SMILES string of the molecule is CC(=O)NCC(=O)NCc1ccccc1. The van der Waals surface area contributed by atoms with Crippen LogP contribution in [0.5, 0.6) is 0 Å². The Kier molecular flexibility index (Phi) is 4.34. The summed E-state index contributed by atoms with van der Waals surface area (Å²) in [6.07, 6.45) is 0. The fourth-order valence-electron chi connectivity index (χ4n) is 1.06. The Morgan fingerprint density at radius 3 is 2.40 bits per heavy atom. The van der Waals surface area contributed by atoms with Crippen molar-refractivity contribution < 1.29 is 9.59 Å². The Balaban J connectivity index is 2.26. The van der Waals surface area contributed by atoms with Crippen LogP contribution >= 0.6 is 0 Å². The lowest BCUT2D eigenvalue weighted by atomic mass is 10.2. The molecule has 1 aromatic carbocycles. The summed E-state index contributed by atoms with van der Waals surface area (Å²) in [4.78, 5) is 21.7. The number of carbonyl (C=O) groups is 2. The summed E-state index contributed by atoms with van der Waals surface area (Å²) in [5.74, 6) is -0.390. The Morgan fingerprint density at radius 1 is 1.13 bits per heavy atom. The van der Waals surface area contributed by atoms with Crippen LogP contribution in [0.4, 0.5) is 0 Å². The van der Waals surface area contributed by atoms with E-state index in [4.69, 9.17) is 0 Å². The third kappa shape index (κ3) is 4.81. The molecular formula is C11H14N2O2. The summed E-state index contributed by atoms with van der Waals surface area (Å²) in [5.41, 5.74) is 1.04. The molecule has 1 aromatic rings. The van der Waals surface area contributed by atoms with E-state index in [9.17, 15) is 9.59 Å². The van der Waals surface area contributed by atoms with Crippen LogP contribution in [0.2, 0.25) is 0 Å². The molecule has 15 heavy (non-hydrogen) atoms. The second-order valence-corrected chi connectivity index (χ2v) is 3.17. The second kappa shape index (κ2) is 5.80. The molecular weight excluding hydrogens is 192 g/mol. The van der Waals surface area contributed by atoms with E-state index in [0.717, 1.165) is 5.56 Å². The standard InChI is InChI=1S/C11H14N2O2/c1-9(14)12-8-11(15)13-7-10-5-3-2-4-6-10/h2-6H,7-8H2,1H3,(H,12,14)(H,13,15). The van der Waals surface area contributed by atoms with Crippen LogP contribution in [0, 0.1) is 0 Å². The summed E-state index contributed by atoms with van der Waals surface area (Å²) in [5, 5.41) is 5.13. The summed E-state index contributed by atoms with van der Waals surface area (Å²) in [7, 11) is 0. The minimum Gasteiger partial charge on any atom is -0.350 e. The van der Waals surface area contributed by atoms with Gasteiger partial charge in [-0.25, -0.2) is 0 Å². The summed E-state index contributed by atoms with van der Waals surface area (Å²) < 4.78 is 0. The molecule has 0 aromatic heterocycles. The largest absolute Gasteiger partial charge is 0.350 e. The zero-order chi connectivity index (χ0) is 11.1. The lowest BCUT2D eigenvalue weighted by Gasteiger charge is -2.05. The van der Waals surface area contributed by atoms with E-state index in [0.29, 0.717) is 6.54 Å². The van der Waals surface area contributed by atoms with Crippen molar-refractivity contribution >= 4 is 11.8 Å². The van der Waals surface area contributed by atoms with E-state index in [-0.39, 0.29) is 18.4 Å². The van der Waals surface area contributed by atoms with Crippen LogP contribution in [-0.2, 0) is 16.1 Å². The smallest absolute Gasteiger partial charge is 0.239 e. The average Bonchev–Trinajstić information content (AvgIpc) is 2.25. The number of rotatable bonds is 4. The molecule has 2 N–H and O–H groups in total. The predicted octanol–water partition coefficient (Wildman–Crippen LogP) is 0.439. The van der Waals surface area contributed by atoms with E-state index in [2.05, 4.69) is 10.6 Å². The van der Waals surface area contributed by atoms with Crippen molar-refractivity contribution in [2.75, 3.05) is 6.54 Å². The molecule has 0 spiro atoms.